The van der Waals surface area contributed by atoms with Gasteiger partial charge in [-0.3, -0.25) is 15.5 Å². The van der Waals surface area contributed by atoms with E-state index in [9.17, 15) is 10.1 Å². The summed E-state index contributed by atoms with van der Waals surface area (Å²) in [5.41, 5.74) is 4.00. The molecule has 1 N–H and O–H groups in total. The monoisotopic (exact) mass is 375 g/mol. The third-order valence-electron chi connectivity index (χ3n) is 3.28. The molecule has 3 rings (SSSR count). The minimum atomic E-state index is -0.485. The summed E-state index contributed by atoms with van der Waals surface area (Å²) in [5, 5.41) is 16.0. The van der Waals surface area contributed by atoms with Crippen LogP contribution >= 0.6 is 23.2 Å². The number of hydrazone groups is 1. The van der Waals surface area contributed by atoms with Crippen molar-refractivity contribution in [3.63, 3.8) is 0 Å². The molecule has 6 nitrogen and oxygen atoms in total. The molecule has 0 aliphatic carbocycles. The van der Waals surface area contributed by atoms with Crippen molar-refractivity contribution in [1.29, 1.82) is 0 Å². The van der Waals surface area contributed by atoms with E-state index < -0.39 is 4.92 Å². The molecule has 0 saturated heterocycles. The van der Waals surface area contributed by atoms with Crippen LogP contribution in [-0.4, -0.2) is 11.1 Å². The topological polar surface area (TPSA) is 80.7 Å². The van der Waals surface area contributed by atoms with E-state index in [1.54, 1.807) is 36.4 Å². The average molecular weight is 376 g/mol. The van der Waals surface area contributed by atoms with Crippen LogP contribution in [0.25, 0.3) is 11.3 Å². The smallest absolute Gasteiger partial charge is 0.270 e. The lowest BCUT2D eigenvalue weighted by atomic mass is 10.1. The van der Waals surface area contributed by atoms with Crippen LogP contribution in [0.2, 0.25) is 10.0 Å². The van der Waals surface area contributed by atoms with Gasteiger partial charge in [0.15, 0.2) is 0 Å². The van der Waals surface area contributed by atoms with Crippen LogP contribution in [0.4, 0.5) is 11.4 Å². The first kappa shape index (κ1) is 17.0. The summed E-state index contributed by atoms with van der Waals surface area (Å²) in [4.78, 5) is 10.4. The van der Waals surface area contributed by atoms with E-state index in [2.05, 4.69) is 10.5 Å². The van der Waals surface area contributed by atoms with Gasteiger partial charge >= 0.3 is 0 Å². The van der Waals surface area contributed by atoms with Gasteiger partial charge in [-0.1, -0.05) is 23.2 Å². The molecule has 0 spiro atoms. The van der Waals surface area contributed by atoms with E-state index in [-0.39, 0.29) is 5.69 Å². The molecule has 0 saturated carbocycles. The first-order valence-electron chi connectivity index (χ1n) is 7.12. The summed E-state index contributed by atoms with van der Waals surface area (Å²) in [7, 11) is 0. The van der Waals surface area contributed by atoms with Crippen molar-refractivity contribution in [3.8, 4) is 11.3 Å². The summed E-state index contributed by atoms with van der Waals surface area (Å²) >= 11 is 11.9. The highest BCUT2D eigenvalue weighted by molar-refractivity contribution is 6.33. The number of hydrogen-bond donors (Lipinski definition) is 1. The van der Waals surface area contributed by atoms with Crippen LogP contribution < -0.4 is 5.43 Å². The largest absolute Gasteiger partial charge is 0.455 e. The number of furan rings is 1. The van der Waals surface area contributed by atoms with Crippen LogP contribution in [0.1, 0.15) is 5.76 Å². The lowest BCUT2D eigenvalue weighted by Gasteiger charge is -2.01. The molecule has 2 aromatic carbocycles. The maximum absolute atomic E-state index is 10.9. The minimum Gasteiger partial charge on any atom is -0.455 e. The summed E-state index contributed by atoms with van der Waals surface area (Å²) in [5.74, 6) is 0.890. The van der Waals surface area contributed by atoms with E-state index in [0.29, 0.717) is 27.1 Å². The van der Waals surface area contributed by atoms with Gasteiger partial charge in [-0.15, -0.1) is 0 Å². The molecule has 1 aromatic heterocycles. The summed E-state index contributed by atoms with van der Waals surface area (Å²) in [6, 6.07) is 14.6. The number of nitro groups is 1. The van der Waals surface area contributed by atoms with Gasteiger partial charge in [-0.2, -0.15) is 5.10 Å². The molecule has 0 fully saturated rings. The van der Waals surface area contributed by atoms with Crippen LogP contribution in [0.3, 0.4) is 0 Å². The molecule has 126 valence electrons. The number of nitro benzene ring substituents is 1. The second kappa shape index (κ2) is 7.38. The van der Waals surface area contributed by atoms with E-state index in [1.165, 1.54) is 24.4 Å². The minimum absolute atomic E-state index is 0.0598. The lowest BCUT2D eigenvalue weighted by molar-refractivity contribution is -0.384. The number of benzene rings is 2. The standard InChI is InChI=1S/C17H11Cl2N3O3/c18-11-1-3-12(4-2-11)21-20-10-14-6-8-17(25-14)15-9-13(22(23)24)5-7-16(15)19/h1-10,21H/b20-10-. The molecule has 25 heavy (non-hydrogen) atoms. The Hall–Kier alpha value is -2.83. The number of nitrogens with one attached hydrogen (secondary N) is 1. The Morgan fingerprint density at radius 2 is 1.84 bits per heavy atom. The molecule has 0 amide bonds. The van der Waals surface area contributed by atoms with Crippen molar-refractivity contribution >= 4 is 40.8 Å². The SMILES string of the molecule is O=[N+]([O-])c1ccc(Cl)c(-c2ccc(/C=N\Nc3ccc(Cl)cc3)o2)c1. The molecule has 0 bridgehead atoms. The highest BCUT2D eigenvalue weighted by atomic mass is 35.5. The quantitative estimate of drug-likeness (QED) is 0.357. The van der Waals surface area contributed by atoms with Crippen molar-refractivity contribution in [3.05, 3.63) is 80.5 Å². The molecular formula is C17H11Cl2N3O3. The highest BCUT2D eigenvalue weighted by Gasteiger charge is 2.14. The molecule has 8 heteroatoms. The van der Waals surface area contributed by atoms with Gasteiger partial charge in [-0.05, 0) is 42.5 Å². The molecule has 3 aromatic rings. The summed E-state index contributed by atoms with van der Waals surface area (Å²) < 4.78 is 5.62. The van der Waals surface area contributed by atoms with Crippen LogP contribution in [0.15, 0.2) is 64.1 Å². The average Bonchev–Trinajstić information content (AvgIpc) is 3.05. The fourth-order valence-corrected chi connectivity index (χ4v) is 2.41. The number of nitrogens with zero attached hydrogens (tertiary/aromatic N) is 2. The second-order valence-electron chi connectivity index (χ2n) is 5.00. The first-order chi connectivity index (χ1) is 12.0. The Morgan fingerprint density at radius 3 is 2.56 bits per heavy atom. The van der Waals surface area contributed by atoms with Gasteiger partial charge < -0.3 is 4.42 Å². The van der Waals surface area contributed by atoms with Gasteiger partial charge in [0.25, 0.3) is 5.69 Å². The molecule has 0 radical (unpaired) electrons. The zero-order valence-electron chi connectivity index (χ0n) is 12.6. The molecule has 1 heterocycles. The predicted octanol–water partition coefficient (Wildman–Crippen LogP) is 5.61. The lowest BCUT2D eigenvalue weighted by Crippen LogP contribution is -1.89. The maximum atomic E-state index is 10.9. The number of non-ortho nitro benzene ring substituents is 1. The first-order valence-corrected chi connectivity index (χ1v) is 7.87. The molecule has 0 aliphatic heterocycles. The zero-order chi connectivity index (χ0) is 17.8. The van der Waals surface area contributed by atoms with Crippen LogP contribution in [-0.2, 0) is 0 Å². The van der Waals surface area contributed by atoms with Gasteiger partial charge in [-0.25, -0.2) is 0 Å². The fraction of sp³-hybridized carbons (Fsp3) is 0. The maximum Gasteiger partial charge on any atom is 0.270 e. The molecule has 0 atom stereocenters. The predicted molar refractivity (Wildman–Crippen MR) is 98.5 cm³/mol. The zero-order valence-corrected chi connectivity index (χ0v) is 14.2. The van der Waals surface area contributed by atoms with Gasteiger partial charge in [0.1, 0.15) is 11.5 Å². The van der Waals surface area contributed by atoms with E-state index >= 15 is 0 Å². The van der Waals surface area contributed by atoms with Crippen molar-refractivity contribution in [2.24, 2.45) is 5.10 Å². The Morgan fingerprint density at radius 1 is 1.08 bits per heavy atom. The summed E-state index contributed by atoms with van der Waals surface area (Å²) in [6.07, 6.45) is 1.49. The number of halogens is 2. The number of anilines is 1. The van der Waals surface area contributed by atoms with Gasteiger partial charge in [0.05, 0.1) is 21.8 Å². The summed E-state index contributed by atoms with van der Waals surface area (Å²) in [6.45, 7) is 0. The van der Waals surface area contributed by atoms with Gasteiger partial charge in [0.2, 0.25) is 0 Å². The third-order valence-corrected chi connectivity index (χ3v) is 3.86. The Labute approximate surface area is 152 Å². The van der Waals surface area contributed by atoms with Crippen LogP contribution in [0, 0.1) is 10.1 Å². The van der Waals surface area contributed by atoms with Crippen molar-refractivity contribution in [2.45, 2.75) is 0 Å². The molecular weight excluding hydrogens is 365 g/mol. The van der Waals surface area contributed by atoms with Crippen LogP contribution in [0.5, 0.6) is 0 Å². The Balaban J connectivity index is 1.76. The van der Waals surface area contributed by atoms with E-state index in [0.717, 1.165) is 5.69 Å². The van der Waals surface area contributed by atoms with Crippen molar-refractivity contribution in [1.82, 2.24) is 0 Å². The fourth-order valence-electron chi connectivity index (χ4n) is 2.08. The van der Waals surface area contributed by atoms with E-state index in [4.69, 9.17) is 27.6 Å². The normalized spacial score (nSPS) is 11.0. The third kappa shape index (κ3) is 4.17. The number of hydrogen-bond acceptors (Lipinski definition) is 5. The van der Waals surface area contributed by atoms with Crippen molar-refractivity contribution < 1.29 is 9.34 Å². The second-order valence-corrected chi connectivity index (χ2v) is 5.84. The van der Waals surface area contributed by atoms with Gasteiger partial charge in [0, 0.05) is 22.7 Å². The van der Waals surface area contributed by atoms with E-state index in [1.807, 2.05) is 0 Å². The number of rotatable bonds is 5. The Kier molecular flexibility index (Phi) is 5.02. The van der Waals surface area contributed by atoms with Crippen molar-refractivity contribution in [2.75, 3.05) is 5.43 Å². The molecule has 0 unspecified atom stereocenters. The Bertz CT molecular complexity index is 937. The highest BCUT2D eigenvalue weighted by Crippen LogP contribution is 2.32. The molecule has 0 aliphatic rings.